The highest BCUT2D eigenvalue weighted by atomic mass is 19.1. The number of ether oxygens (including phenoxy) is 1. The number of halogens is 1. The summed E-state index contributed by atoms with van der Waals surface area (Å²) in [5, 5.41) is 8.82. The highest BCUT2D eigenvalue weighted by Crippen LogP contribution is 2.31. The summed E-state index contributed by atoms with van der Waals surface area (Å²) in [5.74, 6) is 0.685. The van der Waals surface area contributed by atoms with Gasteiger partial charge >= 0.3 is 0 Å². The van der Waals surface area contributed by atoms with Crippen LogP contribution in [0, 0.1) is 17.1 Å². The summed E-state index contributed by atoms with van der Waals surface area (Å²) in [6.45, 7) is 2.58. The summed E-state index contributed by atoms with van der Waals surface area (Å²) in [5.41, 5.74) is 1.24. The van der Waals surface area contributed by atoms with E-state index < -0.39 is 0 Å². The molecule has 0 N–H and O–H groups in total. The van der Waals surface area contributed by atoms with Gasteiger partial charge in [0.2, 0.25) is 0 Å². The van der Waals surface area contributed by atoms with E-state index in [1.807, 2.05) is 18.2 Å². The Labute approximate surface area is 142 Å². The minimum absolute atomic E-state index is 0.0520. The van der Waals surface area contributed by atoms with Gasteiger partial charge in [-0.05, 0) is 36.2 Å². The minimum Gasteiger partial charge on any atom is -0.490 e. The van der Waals surface area contributed by atoms with Gasteiger partial charge in [0.15, 0.2) is 0 Å². The molecule has 1 saturated heterocycles. The van der Waals surface area contributed by atoms with Crippen LogP contribution in [0.25, 0.3) is 0 Å². The fourth-order valence-corrected chi connectivity index (χ4v) is 3.26. The van der Waals surface area contributed by atoms with Crippen LogP contribution in [0.2, 0.25) is 0 Å². The molecule has 2 atom stereocenters. The van der Waals surface area contributed by atoms with E-state index in [0.717, 1.165) is 26.1 Å². The van der Waals surface area contributed by atoms with Gasteiger partial charge in [0.25, 0.3) is 0 Å². The molecule has 24 heavy (non-hydrogen) atoms. The minimum atomic E-state index is -0.256. The maximum atomic E-state index is 13.1. The van der Waals surface area contributed by atoms with E-state index in [4.69, 9.17) is 10.00 Å². The molecule has 1 heterocycles. The lowest BCUT2D eigenvalue weighted by Crippen LogP contribution is -2.44. The summed E-state index contributed by atoms with van der Waals surface area (Å²) in [4.78, 5) is 2.32. The molecule has 0 spiro atoms. The fourth-order valence-electron chi connectivity index (χ4n) is 3.26. The molecule has 0 radical (unpaired) electrons. The van der Waals surface area contributed by atoms with E-state index in [0.29, 0.717) is 12.2 Å². The van der Waals surface area contributed by atoms with E-state index in [9.17, 15) is 4.39 Å². The van der Waals surface area contributed by atoms with Crippen molar-refractivity contribution in [1.29, 1.82) is 5.26 Å². The van der Waals surface area contributed by atoms with Gasteiger partial charge in [-0.3, -0.25) is 0 Å². The molecule has 3 rings (SSSR count). The Balaban J connectivity index is 1.76. The first kappa shape index (κ1) is 16.5. The zero-order valence-electron chi connectivity index (χ0n) is 13.6. The summed E-state index contributed by atoms with van der Waals surface area (Å²) in [7, 11) is 0. The molecule has 0 amide bonds. The predicted octanol–water partition coefficient (Wildman–Crippen LogP) is 3.98. The molecule has 1 aliphatic rings. The van der Waals surface area contributed by atoms with Crippen molar-refractivity contribution in [2.45, 2.75) is 24.9 Å². The first-order valence-electron chi connectivity index (χ1n) is 8.33. The number of rotatable bonds is 5. The van der Waals surface area contributed by atoms with Crippen LogP contribution in [-0.2, 0) is 0 Å². The molecule has 124 valence electrons. The third-order valence-corrected chi connectivity index (χ3v) is 4.50. The quantitative estimate of drug-likeness (QED) is 0.835. The molecule has 0 unspecified atom stereocenters. The monoisotopic (exact) mass is 324 g/mol. The smallest absolute Gasteiger partial charge is 0.123 e. The zero-order valence-corrected chi connectivity index (χ0v) is 13.6. The van der Waals surface area contributed by atoms with Crippen LogP contribution >= 0.6 is 0 Å². The largest absolute Gasteiger partial charge is 0.490 e. The van der Waals surface area contributed by atoms with Gasteiger partial charge in [-0.25, -0.2) is 4.39 Å². The van der Waals surface area contributed by atoms with Crippen molar-refractivity contribution in [2.24, 2.45) is 0 Å². The molecule has 1 fully saturated rings. The molecule has 3 nitrogen and oxygen atoms in total. The zero-order chi connectivity index (χ0) is 16.8. The van der Waals surface area contributed by atoms with Crippen LogP contribution in [0.15, 0.2) is 54.6 Å². The van der Waals surface area contributed by atoms with Crippen molar-refractivity contribution in [3.8, 4) is 11.8 Å². The molecular formula is C20H21FN2O. The Morgan fingerprint density at radius 1 is 1.12 bits per heavy atom. The van der Waals surface area contributed by atoms with Crippen LogP contribution in [-0.4, -0.2) is 30.6 Å². The maximum absolute atomic E-state index is 13.1. The normalized spacial score (nSPS) is 21.2. The van der Waals surface area contributed by atoms with Gasteiger partial charge in [-0.2, -0.15) is 5.26 Å². The van der Waals surface area contributed by atoms with Crippen molar-refractivity contribution < 1.29 is 9.13 Å². The maximum Gasteiger partial charge on any atom is 0.123 e. The SMILES string of the molecule is N#CCCN1CC[C@H](Oc2ccc(F)cc2)[C@@H](c2ccccc2)C1. The number of nitrogens with zero attached hydrogens (tertiary/aromatic N) is 2. The van der Waals surface area contributed by atoms with E-state index >= 15 is 0 Å². The number of hydrogen-bond donors (Lipinski definition) is 0. The molecule has 2 aromatic rings. The molecule has 2 aromatic carbocycles. The second-order valence-electron chi connectivity index (χ2n) is 6.12. The molecule has 0 bridgehead atoms. The predicted molar refractivity (Wildman–Crippen MR) is 91.3 cm³/mol. The highest BCUT2D eigenvalue weighted by molar-refractivity contribution is 5.26. The number of benzene rings is 2. The lowest BCUT2D eigenvalue weighted by Gasteiger charge is -2.38. The number of piperidine rings is 1. The van der Waals surface area contributed by atoms with E-state index in [-0.39, 0.29) is 17.8 Å². The third-order valence-electron chi connectivity index (χ3n) is 4.50. The lowest BCUT2D eigenvalue weighted by atomic mass is 9.87. The number of nitriles is 1. The van der Waals surface area contributed by atoms with E-state index in [2.05, 4.69) is 23.1 Å². The van der Waals surface area contributed by atoms with Gasteiger partial charge in [0, 0.05) is 32.0 Å². The van der Waals surface area contributed by atoms with Crippen molar-refractivity contribution in [3.05, 3.63) is 66.0 Å². The summed E-state index contributed by atoms with van der Waals surface area (Å²) in [6, 6.07) is 18.8. The average Bonchev–Trinajstić information content (AvgIpc) is 2.63. The van der Waals surface area contributed by atoms with Crippen molar-refractivity contribution >= 4 is 0 Å². The van der Waals surface area contributed by atoms with Gasteiger partial charge in [0.1, 0.15) is 17.7 Å². The van der Waals surface area contributed by atoms with Crippen LogP contribution in [0.1, 0.15) is 24.3 Å². The Hall–Kier alpha value is -2.38. The molecule has 0 aromatic heterocycles. The molecule has 1 aliphatic heterocycles. The third kappa shape index (κ3) is 4.12. The van der Waals surface area contributed by atoms with E-state index in [1.54, 1.807) is 12.1 Å². The standard InChI is InChI=1S/C20H21FN2O/c21-17-7-9-18(10-8-17)24-20-11-14-23(13-4-12-22)15-19(20)16-5-2-1-3-6-16/h1-3,5-10,19-20H,4,11,13-15H2/t19-,20+/m1/s1. The van der Waals surface area contributed by atoms with Crippen molar-refractivity contribution in [1.82, 2.24) is 4.90 Å². The van der Waals surface area contributed by atoms with Gasteiger partial charge < -0.3 is 9.64 Å². The van der Waals surface area contributed by atoms with Crippen molar-refractivity contribution in [3.63, 3.8) is 0 Å². The summed E-state index contributed by atoms with van der Waals surface area (Å²) >= 11 is 0. The first-order chi connectivity index (χ1) is 11.8. The molecule has 0 saturated carbocycles. The van der Waals surface area contributed by atoms with Gasteiger partial charge in [-0.15, -0.1) is 0 Å². The second-order valence-corrected chi connectivity index (χ2v) is 6.12. The topological polar surface area (TPSA) is 36.3 Å². The molecule has 4 heteroatoms. The highest BCUT2D eigenvalue weighted by Gasteiger charge is 2.31. The Morgan fingerprint density at radius 3 is 2.58 bits per heavy atom. The van der Waals surface area contributed by atoms with Gasteiger partial charge in [0.05, 0.1) is 6.07 Å². The second kappa shape index (κ2) is 7.94. The Bertz CT molecular complexity index is 681. The average molecular weight is 324 g/mol. The van der Waals surface area contributed by atoms with Crippen molar-refractivity contribution in [2.75, 3.05) is 19.6 Å². The number of likely N-dealkylation sites (tertiary alicyclic amines) is 1. The Kier molecular flexibility index (Phi) is 5.45. The first-order valence-corrected chi connectivity index (χ1v) is 8.33. The molecular weight excluding hydrogens is 303 g/mol. The lowest BCUT2D eigenvalue weighted by molar-refractivity contribution is 0.0788. The summed E-state index contributed by atoms with van der Waals surface area (Å²) in [6.07, 6.45) is 1.49. The fraction of sp³-hybridized carbons (Fsp3) is 0.350. The molecule has 0 aliphatic carbocycles. The number of hydrogen-bond acceptors (Lipinski definition) is 3. The van der Waals surface area contributed by atoms with Crippen LogP contribution in [0.5, 0.6) is 5.75 Å². The van der Waals surface area contributed by atoms with E-state index in [1.165, 1.54) is 17.7 Å². The van der Waals surface area contributed by atoms with Crippen LogP contribution in [0.3, 0.4) is 0 Å². The van der Waals surface area contributed by atoms with Gasteiger partial charge in [-0.1, -0.05) is 30.3 Å². The Morgan fingerprint density at radius 2 is 1.88 bits per heavy atom. The van der Waals surface area contributed by atoms with Crippen LogP contribution in [0.4, 0.5) is 4.39 Å². The summed E-state index contributed by atoms with van der Waals surface area (Å²) < 4.78 is 19.3. The van der Waals surface area contributed by atoms with Crippen LogP contribution < -0.4 is 4.74 Å².